The van der Waals surface area contributed by atoms with Gasteiger partial charge in [-0.3, -0.25) is 14.4 Å². The van der Waals surface area contributed by atoms with Gasteiger partial charge in [-0.2, -0.15) is 0 Å². The molecule has 0 saturated carbocycles. The van der Waals surface area contributed by atoms with E-state index in [1.807, 2.05) is 50.2 Å². The quantitative estimate of drug-likeness (QED) is 0.231. The third-order valence-corrected chi connectivity index (χ3v) is 6.73. The van der Waals surface area contributed by atoms with Crippen molar-refractivity contribution >= 4 is 29.3 Å². The highest BCUT2D eigenvalue weighted by atomic mass is 35.5. The van der Waals surface area contributed by atoms with Crippen molar-refractivity contribution in [3.8, 4) is 11.1 Å². The molecule has 0 heterocycles. The molecule has 0 fully saturated rings. The van der Waals surface area contributed by atoms with Crippen LogP contribution in [0, 0.1) is 5.92 Å². The molecule has 1 amide bonds. The van der Waals surface area contributed by atoms with Crippen LogP contribution in [0.2, 0.25) is 5.02 Å². The lowest BCUT2D eigenvalue weighted by molar-refractivity contribution is -0.141. The summed E-state index contributed by atoms with van der Waals surface area (Å²) in [6.45, 7) is 5.00. The van der Waals surface area contributed by atoms with Crippen LogP contribution >= 0.6 is 11.6 Å². The average Bonchev–Trinajstić information content (AvgIpc) is 2.91. The second-order valence-electron chi connectivity index (χ2n) is 9.25. The summed E-state index contributed by atoms with van der Waals surface area (Å²) in [7, 11) is 0. The van der Waals surface area contributed by atoms with Crippen LogP contribution in [0.1, 0.15) is 59.4 Å². The summed E-state index contributed by atoms with van der Waals surface area (Å²) in [5.74, 6) is -2.31. The van der Waals surface area contributed by atoms with E-state index < -0.39 is 11.9 Å². The standard InChI is InChI=1S/C31H34ClNO5/c1-3-38-21(2)18-19-33-30(35)28-7-5-4-6-24(28)10-13-26(31(36)37)20-29(34)25-11-8-22(9-12-25)23-14-16-27(32)17-15-23/h4-9,11-12,14-17,21,26H,3,10,13,18-20H2,1-2H3,(H,33,35)(H,36,37). The Balaban J connectivity index is 1.60. The average molecular weight is 536 g/mol. The predicted molar refractivity (Wildman–Crippen MR) is 150 cm³/mol. The number of carboxylic acid groups (broad SMARTS) is 1. The Labute approximate surface area is 229 Å². The highest BCUT2D eigenvalue weighted by molar-refractivity contribution is 6.30. The molecule has 2 atom stereocenters. The summed E-state index contributed by atoms with van der Waals surface area (Å²) < 4.78 is 5.50. The number of rotatable bonds is 14. The molecule has 0 radical (unpaired) electrons. The van der Waals surface area contributed by atoms with Gasteiger partial charge in [0.2, 0.25) is 0 Å². The molecular weight excluding hydrogens is 502 g/mol. The summed E-state index contributed by atoms with van der Waals surface area (Å²) in [5.41, 5.74) is 3.66. The van der Waals surface area contributed by atoms with Crippen LogP contribution in [0.5, 0.6) is 0 Å². The molecule has 2 unspecified atom stereocenters. The molecule has 0 spiro atoms. The molecule has 3 aromatic carbocycles. The summed E-state index contributed by atoms with van der Waals surface area (Å²) >= 11 is 5.95. The number of benzene rings is 3. The fourth-order valence-corrected chi connectivity index (χ4v) is 4.41. The number of hydrogen-bond donors (Lipinski definition) is 2. The van der Waals surface area contributed by atoms with E-state index in [1.165, 1.54) is 0 Å². The normalized spacial score (nSPS) is 12.5. The first-order valence-corrected chi connectivity index (χ1v) is 13.3. The smallest absolute Gasteiger partial charge is 0.306 e. The van der Waals surface area contributed by atoms with E-state index in [0.29, 0.717) is 42.1 Å². The van der Waals surface area contributed by atoms with E-state index in [-0.39, 0.29) is 30.6 Å². The van der Waals surface area contributed by atoms with E-state index in [0.717, 1.165) is 16.7 Å². The zero-order chi connectivity index (χ0) is 27.5. The molecule has 6 nitrogen and oxygen atoms in total. The number of nitrogens with one attached hydrogen (secondary N) is 1. The molecule has 3 rings (SSSR count). The van der Waals surface area contributed by atoms with Crippen LogP contribution < -0.4 is 5.32 Å². The minimum absolute atomic E-state index is 0.0537. The van der Waals surface area contributed by atoms with Crippen molar-refractivity contribution in [1.29, 1.82) is 0 Å². The van der Waals surface area contributed by atoms with E-state index in [9.17, 15) is 19.5 Å². The number of carbonyl (C=O) groups excluding carboxylic acids is 2. The number of aryl methyl sites for hydroxylation is 1. The van der Waals surface area contributed by atoms with E-state index >= 15 is 0 Å². The van der Waals surface area contributed by atoms with Gasteiger partial charge in [-0.25, -0.2) is 0 Å². The van der Waals surface area contributed by atoms with Gasteiger partial charge < -0.3 is 15.2 Å². The minimum atomic E-state index is -1.03. The van der Waals surface area contributed by atoms with Crippen LogP contribution in [0.3, 0.4) is 0 Å². The number of carboxylic acids is 1. The first-order valence-electron chi connectivity index (χ1n) is 12.9. The van der Waals surface area contributed by atoms with Gasteiger partial charge in [0.15, 0.2) is 5.78 Å². The largest absolute Gasteiger partial charge is 0.481 e. The fourth-order valence-electron chi connectivity index (χ4n) is 4.29. The van der Waals surface area contributed by atoms with Gasteiger partial charge in [0.1, 0.15) is 0 Å². The Morgan fingerprint density at radius 3 is 2.18 bits per heavy atom. The SMILES string of the molecule is CCOC(C)CCNC(=O)c1ccccc1CCC(CC(=O)c1ccc(-c2ccc(Cl)cc2)cc1)C(=O)O. The number of carbonyl (C=O) groups is 3. The van der Waals surface area contributed by atoms with Gasteiger partial charge in [-0.1, -0.05) is 66.2 Å². The molecule has 7 heteroatoms. The third-order valence-electron chi connectivity index (χ3n) is 6.48. The maximum atomic E-state index is 12.9. The van der Waals surface area contributed by atoms with Crippen LogP contribution in [0.4, 0.5) is 0 Å². The van der Waals surface area contributed by atoms with Gasteiger partial charge in [0.25, 0.3) is 5.91 Å². The number of aliphatic carboxylic acids is 1. The third kappa shape index (κ3) is 8.54. The summed E-state index contributed by atoms with van der Waals surface area (Å²) in [6.07, 6.45) is 1.26. The van der Waals surface area contributed by atoms with Gasteiger partial charge in [0.05, 0.1) is 12.0 Å². The number of halogens is 1. The highest BCUT2D eigenvalue weighted by Crippen LogP contribution is 2.24. The summed E-state index contributed by atoms with van der Waals surface area (Å²) in [4.78, 5) is 37.6. The Morgan fingerprint density at radius 2 is 1.55 bits per heavy atom. The topological polar surface area (TPSA) is 92.7 Å². The maximum absolute atomic E-state index is 12.9. The summed E-state index contributed by atoms with van der Waals surface area (Å²) in [5, 5.41) is 13.4. The van der Waals surface area contributed by atoms with Crippen molar-refractivity contribution in [2.75, 3.05) is 13.2 Å². The van der Waals surface area contributed by atoms with E-state index in [4.69, 9.17) is 16.3 Å². The monoisotopic (exact) mass is 535 g/mol. The molecule has 0 aliphatic heterocycles. The lowest BCUT2D eigenvalue weighted by Gasteiger charge is -2.15. The zero-order valence-corrected chi connectivity index (χ0v) is 22.5. The van der Waals surface area contributed by atoms with Gasteiger partial charge >= 0.3 is 5.97 Å². The number of ether oxygens (including phenoxy) is 1. The van der Waals surface area contributed by atoms with Crippen molar-refractivity contribution in [1.82, 2.24) is 5.32 Å². The minimum Gasteiger partial charge on any atom is -0.481 e. The number of hydrogen-bond acceptors (Lipinski definition) is 4. The molecule has 0 bridgehead atoms. The molecule has 0 aromatic heterocycles. The molecule has 3 aromatic rings. The molecule has 0 aliphatic carbocycles. The number of amides is 1. The fraction of sp³-hybridized carbons (Fsp3) is 0.323. The van der Waals surface area contributed by atoms with E-state index in [2.05, 4.69) is 5.32 Å². The molecule has 0 aliphatic rings. The van der Waals surface area contributed by atoms with Crippen molar-refractivity contribution in [3.63, 3.8) is 0 Å². The van der Waals surface area contributed by atoms with Gasteiger partial charge in [-0.15, -0.1) is 0 Å². The maximum Gasteiger partial charge on any atom is 0.306 e. The van der Waals surface area contributed by atoms with Crippen LogP contribution in [0.15, 0.2) is 72.8 Å². The van der Waals surface area contributed by atoms with Crippen LogP contribution in [-0.4, -0.2) is 42.0 Å². The second kappa shape index (κ2) is 14.5. The first-order chi connectivity index (χ1) is 18.3. The number of Topliss-reactive ketones (excluding diaryl/α,β-unsaturated/α-hetero) is 1. The van der Waals surface area contributed by atoms with Crippen LogP contribution in [-0.2, 0) is 16.0 Å². The first kappa shape index (κ1) is 29.1. The summed E-state index contributed by atoms with van der Waals surface area (Å²) in [6, 6.07) is 21.7. The van der Waals surface area contributed by atoms with Crippen molar-refractivity contribution in [2.45, 2.75) is 45.6 Å². The zero-order valence-electron chi connectivity index (χ0n) is 21.8. The number of ketones is 1. The lowest BCUT2D eigenvalue weighted by Crippen LogP contribution is -2.28. The van der Waals surface area contributed by atoms with Gasteiger partial charge in [-0.05, 0) is 68.0 Å². The Bertz CT molecular complexity index is 1220. The lowest BCUT2D eigenvalue weighted by atomic mass is 9.90. The predicted octanol–water partition coefficient (Wildman–Crippen LogP) is 6.46. The molecule has 38 heavy (non-hydrogen) atoms. The van der Waals surface area contributed by atoms with E-state index in [1.54, 1.807) is 36.4 Å². The Hall–Kier alpha value is -3.48. The van der Waals surface area contributed by atoms with Crippen LogP contribution in [0.25, 0.3) is 11.1 Å². The highest BCUT2D eigenvalue weighted by Gasteiger charge is 2.23. The molecule has 0 saturated heterocycles. The van der Waals surface area contributed by atoms with Gasteiger partial charge in [0, 0.05) is 35.7 Å². The molecular formula is C31H34ClNO5. The van der Waals surface area contributed by atoms with Crippen molar-refractivity contribution < 1.29 is 24.2 Å². The Kier molecular flexibility index (Phi) is 11.1. The van der Waals surface area contributed by atoms with Crippen molar-refractivity contribution in [3.05, 3.63) is 94.5 Å². The Morgan fingerprint density at radius 1 is 0.921 bits per heavy atom. The van der Waals surface area contributed by atoms with Crippen molar-refractivity contribution in [2.24, 2.45) is 5.92 Å². The second-order valence-corrected chi connectivity index (χ2v) is 9.69. The molecule has 2 N–H and O–H groups in total. The molecule has 200 valence electrons.